The average molecular weight is 251 g/mol. The number of carbonyl (C=O) groups is 1. The molecule has 1 aromatic carbocycles. The Morgan fingerprint density at radius 3 is 2.65 bits per heavy atom. The van der Waals surface area contributed by atoms with Crippen molar-refractivity contribution < 1.29 is 4.79 Å². The molecule has 0 spiro atoms. The largest absolute Gasteiger partial charge is 0.376 e. The van der Waals surface area contributed by atoms with Crippen molar-refractivity contribution in [2.75, 3.05) is 19.4 Å². The van der Waals surface area contributed by atoms with Crippen LogP contribution in [0.3, 0.4) is 0 Å². The maximum absolute atomic E-state index is 11.5. The molecule has 0 heterocycles. The van der Waals surface area contributed by atoms with Crippen LogP contribution in [0.4, 0.5) is 5.69 Å². The van der Waals surface area contributed by atoms with E-state index in [0.717, 1.165) is 11.3 Å². The van der Waals surface area contributed by atoms with Crippen molar-refractivity contribution in [1.29, 1.82) is 0 Å². The molecule has 0 unspecified atom stereocenters. The van der Waals surface area contributed by atoms with E-state index in [1.54, 1.807) is 19.0 Å². The molecule has 0 aromatic heterocycles. The van der Waals surface area contributed by atoms with E-state index in [2.05, 4.69) is 5.32 Å². The molecule has 0 fully saturated rings. The van der Waals surface area contributed by atoms with Crippen LogP contribution in [-0.4, -0.2) is 30.0 Å². The van der Waals surface area contributed by atoms with Gasteiger partial charge in [-0.2, -0.15) is 0 Å². The topological polar surface area (TPSA) is 58.4 Å². The molecule has 1 aromatic rings. The summed E-state index contributed by atoms with van der Waals surface area (Å²) in [5, 5.41) is 3.14. The summed E-state index contributed by atoms with van der Waals surface area (Å²) in [6, 6.07) is 7.69. The van der Waals surface area contributed by atoms with Crippen LogP contribution in [0.1, 0.15) is 12.0 Å². The minimum Gasteiger partial charge on any atom is -0.376 e. The fraction of sp³-hybridized carbons (Fsp3) is 0.333. The fourth-order valence-electron chi connectivity index (χ4n) is 1.46. The van der Waals surface area contributed by atoms with Crippen molar-refractivity contribution in [3.8, 4) is 0 Å². The Bertz CT molecular complexity index is 418. The highest BCUT2D eigenvalue weighted by atomic mass is 32.1. The molecule has 0 radical (unpaired) electrons. The first-order valence-electron chi connectivity index (χ1n) is 5.35. The molecule has 4 nitrogen and oxygen atoms in total. The van der Waals surface area contributed by atoms with Crippen molar-refractivity contribution in [3.05, 3.63) is 29.8 Å². The van der Waals surface area contributed by atoms with Crippen molar-refractivity contribution in [2.45, 2.75) is 12.8 Å². The summed E-state index contributed by atoms with van der Waals surface area (Å²) in [4.78, 5) is 13.1. The van der Waals surface area contributed by atoms with Gasteiger partial charge in [-0.25, -0.2) is 0 Å². The molecule has 0 aliphatic rings. The zero-order valence-electron chi connectivity index (χ0n) is 10.1. The Kier molecular flexibility index (Phi) is 4.90. The van der Waals surface area contributed by atoms with Crippen LogP contribution in [0.25, 0.3) is 0 Å². The minimum absolute atomic E-state index is 0.107. The number of anilines is 1. The van der Waals surface area contributed by atoms with E-state index in [1.807, 2.05) is 24.3 Å². The zero-order chi connectivity index (χ0) is 12.8. The molecule has 0 aliphatic carbocycles. The lowest BCUT2D eigenvalue weighted by atomic mass is 10.1. The molecule has 0 aliphatic heterocycles. The molecule has 0 saturated heterocycles. The number of benzene rings is 1. The fourth-order valence-corrected chi connectivity index (χ4v) is 1.57. The van der Waals surface area contributed by atoms with Crippen molar-refractivity contribution >= 4 is 28.9 Å². The van der Waals surface area contributed by atoms with Gasteiger partial charge in [0.05, 0.1) is 0 Å². The zero-order valence-corrected chi connectivity index (χ0v) is 10.9. The molecule has 0 atom stereocenters. The number of para-hydroxylation sites is 1. The first kappa shape index (κ1) is 13.4. The Morgan fingerprint density at radius 1 is 1.41 bits per heavy atom. The van der Waals surface area contributed by atoms with Gasteiger partial charge in [-0.15, -0.1) is 0 Å². The van der Waals surface area contributed by atoms with Gasteiger partial charge in [0, 0.05) is 26.2 Å². The number of nitrogens with one attached hydrogen (secondary N) is 1. The summed E-state index contributed by atoms with van der Waals surface area (Å²) in [6.07, 6.45) is 1.14. The smallest absolute Gasteiger partial charge is 0.222 e. The van der Waals surface area contributed by atoms with Gasteiger partial charge in [0.2, 0.25) is 5.91 Å². The van der Waals surface area contributed by atoms with Crippen molar-refractivity contribution in [3.63, 3.8) is 0 Å². The van der Waals surface area contributed by atoms with Gasteiger partial charge in [-0.05, 0) is 30.3 Å². The third kappa shape index (κ3) is 4.40. The predicted octanol–water partition coefficient (Wildman–Crippen LogP) is 1.36. The molecule has 0 bridgehead atoms. The van der Waals surface area contributed by atoms with Gasteiger partial charge in [-0.1, -0.05) is 18.2 Å². The minimum atomic E-state index is 0.107. The highest BCUT2D eigenvalue weighted by Crippen LogP contribution is 2.16. The van der Waals surface area contributed by atoms with Crippen LogP contribution >= 0.6 is 12.2 Å². The van der Waals surface area contributed by atoms with Crippen LogP contribution < -0.4 is 11.1 Å². The van der Waals surface area contributed by atoms with Gasteiger partial charge < -0.3 is 16.0 Å². The molecule has 5 heteroatoms. The van der Waals surface area contributed by atoms with Crippen LogP contribution in [-0.2, 0) is 11.2 Å². The molecule has 3 N–H and O–H groups in total. The lowest BCUT2D eigenvalue weighted by molar-refractivity contribution is -0.128. The first-order valence-corrected chi connectivity index (χ1v) is 5.76. The Labute approximate surface area is 107 Å². The monoisotopic (exact) mass is 251 g/mol. The summed E-state index contributed by atoms with van der Waals surface area (Å²) >= 11 is 4.81. The highest BCUT2D eigenvalue weighted by Gasteiger charge is 2.07. The number of carbonyl (C=O) groups excluding carboxylic acids is 1. The van der Waals surface area contributed by atoms with Gasteiger partial charge in [0.1, 0.15) is 0 Å². The third-order valence-electron chi connectivity index (χ3n) is 2.38. The first-order chi connectivity index (χ1) is 8.00. The Morgan fingerprint density at radius 2 is 2.06 bits per heavy atom. The number of thiocarbonyl (C=S) groups is 1. The second-order valence-corrected chi connectivity index (χ2v) is 4.37. The lowest BCUT2D eigenvalue weighted by Crippen LogP contribution is -2.22. The lowest BCUT2D eigenvalue weighted by Gasteiger charge is -2.12. The SMILES string of the molecule is CN(C)C(=O)CCc1ccccc1NC(N)=S. The Hall–Kier alpha value is -1.62. The summed E-state index contributed by atoms with van der Waals surface area (Å²) in [7, 11) is 3.50. The summed E-state index contributed by atoms with van der Waals surface area (Å²) in [5.41, 5.74) is 7.35. The van der Waals surface area contributed by atoms with Gasteiger partial charge >= 0.3 is 0 Å². The standard InChI is InChI=1S/C12H17N3OS/c1-15(2)11(16)8-7-9-5-3-4-6-10(9)14-12(13)17/h3-6H,7-8H2,1-2H3,(H3,13,14,17). The second kappa shape index (κ2) is 6.20. The maximum Gasteiger partial charge on any atom is 0.222 e. The van der Waals surface area contributed by atoms with Crippen LogP contribution in [0.5, 0.6) is 0 Å². The van der Waals surface area contributed by atoms with Crippen LogP contribution in [0.15, 0.2) is 24.3 Å². The van der Waals surface area contributed by atoms with E-state index >= 15 is 0 Å². The highest BCUT2D eigenvalue weighted by molar-refractivity contribution is 7.80. The molecular formula is C12H17N3OS. The van der Waals surface area contributed by atoms with Crippen LogP contribution in [0, 0.1) is 0 Å². The molecule has 17 heavy (non-hydrogen) atoms. The number of aryl methyl sites for hydroxylation is 1. The van der Waals surface area contributed by atoms with Gasteiger partial charge in [0.25, 0.3) is 0 Å². The number of hydrogen-bond acceptors (Lipinski definition) is 2. The van der Waals surface area contributed by atoms with Crippen molar-refractivity contribution in [2.24, 2.45) is 5.73 Å². The maximum atomic E-state index is 11.5. The van der Waals surface area contributed by atoms with Crippen molar-refractivity contribution in [1.82, 2.24) is 4.90 Å². The molecule has 0 saturated carbocycles. The van der Waals surface area contributed by atoms with Gasteiger partial charge in [-0.3, -0.25) is 4.79 Å². The summed E-state index contributed by atoms with van der Waals surface area (Å²) < 4.78 is 0. The van der Waals surface area contributed by atoms with E-state index in [4.69, 9.17) is 18.0 Å². The summed E-state index contributed by atoms with van der Waals surface area (Å²) in [6.45, 7) is 0. The van der Waals surface area contributed by atoms with E-state index in [-0.39, 0.29) is 11.0 Å². The average Bonchev–Trinajstić information content (AvgIpc) is 2.26. The number of nitrogens with zero attached hydrogens (tertiary/aromatic N) is 1. The van der Waals surface area contributed by atoms with E-state index < -0.39 is 0 Å². The third-order valence-corrected chi connectivity index (χ3v) is 2.48. The number of rotatable bonds is 4. The molecule has 92 valence electrons. The quantitative estimate of drug-likeness (QED) is 0.793. The molecular weight excluding hydrogens is 234 g/mol. The second-order valence-electron chi connectivity index (χ2n) is 3.93. The normalized spacial score (nSPS) is 9.76. The van der Waals surface area contributed by atoms with E-state index in [1.165, 1.54) is 0 Å². The number of nitrogens with two attached hydrogens (primary N) is 1. The van der Waals surface area contributed by atoms with E-state index in [0.29, 0.717) is 12.8 Å². The summed E-state index contributed by atoms with van der Waals surface area (Å²) in [5.74, 6) is 0.107. The van der Waals surface area contributed by atoms with E-state index in [9.17, 15) is 4.79 Å². The molecule has 1 rings (SSSR count). The van der Waals surface area contributed by atoms with Gasteiger partial charge in [0.15, 0.2) is 5.11 Å². The molecule has 1 amide bonds. The Balaban J connectivity index is 2.70. The predicted molar refractivity (Wildman–Crippen MR) is 73.9 cm³/mol. The number of amides is 1. The number of hydrogen-bond donors (Lipinski definition) is 2. The van der Waals surface area contributed by atoms with Crippen LogP contribution in [0.2, 0.25) is 0 Å².